The van der Waals surface area contributed by atoms with Crippen LogP contribution in [0.3, 0.4) is 0 Å². The molecule has 138 valence electrons. The molecule has 1 amide bonds. The quantitative estimate of drug-likeness (QED) is 0.673. The second-order valence-electron chi connectivity index (χ2n) is 5.66. The Morgan fingerprint density at radius 1 is 0.962 bits per heavy atom. The summed E-state index contributed by atoms with van der Waals surface area (Å²) in [6, 6.07) is 14.5. The highest BCUT2D eigenvalue weighted by atomic mass is 32.1. The van der Waals surface area contributed by atoms with Gasteiger partial charge in [-0.15, -0.1) is 0 Å². The molecular formula is C20H24N2O3S. The van der Waals surface area contributed by atoms with Gasteiger partial charge in [0.2, 0.25) is 0 Å². The molecule has 5 nitrogen and oxygen atoms in total. The predicted octanol–water partition coefficient (Wildman–Crippen LogP) is 4.39. The second kappa shape index (κ2) is 10.4. The van der Waals surface area contributed by atoms with Gasteiger partial charge in [-0.05, 0) is 55.4 Å². The molecule has 2 N–H and O–H groups in total. The fourth-order valence-electron chi connectivity index (χ4n) is 2.17. The van der Waals surface area contributed by atoms with E-state index in [-0.39, 0.29) is 11.0 Å². The van der Waals surface area contributed by atoms with Crippen LogP contribution in [-0.4, -0.2) is 24.2 Å². The number of hydrogen-bond acceptors (Lipinski definition) is 4. The second-order valence-corrected chi connectivity index (χ2v) is 6.07. The first kappa shape index (κ1) is 19.7. The van der Waals surface area contributed by atoms with Crippen LogP contribution in [0.2, 0.25) is 0 Å². The Labute approximate surface area is 159 Å². The van der Waals surface area contributed by atoms with Gasteiger partial charge in [0.1, 0.15) is 11.5 Å². The van der Waals surface area contributed by atoms with Gasteiger partial charge in [-0.25, -0.2) is 0 Å². The molecule has 0 atom stereocenters. The molecule has 2 aromatic rings. The van der Waals surface area contributed by atoms with E-state index in [4.69, 9.17) is 21.7 Å². The monoisotopic (exact) mass is 372 g/mol. The number of benzene rings is 2. The van der Waals surface area contributed by atoms with Gasteiger partial charge < -0.3 is 14.8 Å². The lowest BCUT2D eigenvalue weighted by Gasteiger charge is -2.12. The average Bonchev–Trinajstić information content (AvgIpc) is 2.65. The zero-order valence-corrected chi connectivity index (χ0v) is 15.9. The average molecular weight is 372 g/mol. The highest BCUT2D eigenvalue weighted by Gasteiger charge is 2.09. The molecule has 0 fully saturated rings. The van der Waals surface area contributed by atoms with Crippen LogP contribution < -0.4 is 20.1 Å². The Morgan fingerprint density at radius 3 is 2.23 bits per heavy atom. The van der Waals surface area contributed by atoms with Crippen molar-refractivity contribution in [1.29, 1.82) is 0 Å². The van der Waals surface area contributed by atoms with Gasteiger partial charge in [0.05, 0.1) is 13.2 Å². The predicted molar refractivity (Wildman–Crippen MR) is 108 cm³/mol. The zero-order valence-electron chi connectivity index (χ0n) is 15.1. The van der Waals surface area contributed by atoms with E-state index in [0.717, 1.165) is 24.3 Å². The van der Waals surface area contributed by atoms with Crippen LogP contribution in [-0.2, 0) is 0 Å². The Kier molecular flexibility index (Phi) is 7.89. The first-order valence-electron chi connectivity index (χ1n) is 8.70. The fraction of sp³-hybridized carbons (Fsp3) is 0.300. The van der Waals surface area contributed by atoms with Crippen molar-refractivity contribution in [2.24, 2.45) is 0 Å². The van der Waals surface area contributed by atoms with Crippen molar-refractivity contribution in [3.05, 3.63) is 54.1 Å². The number of amides is 1. The third-order valence-electron chi connectivity index (χ3n) is 3.36. The van der Waals surface area contributed by atoms with E-state index < -0.39 is 0 Å². The van der Waals surface area contributed by atoms with Crippen LogP contribution in [0.15, 0.2) is 48.5 Å². The fourth-order valence-corrected chi connectivity index (χ4v) is 2.38. The molecule has 26 heavy (non-hydrogen) atoms. The number of ether oxygens (including phenoxy) is 2. The summed E-state index contributed by atoms with van der Waals surface area (Å²) in [5, 5.41) is 5.90. The molecule has 0 aliphatic rings. The van der Waals surface area contributed by atoms with Crippen LogP contribution in [0.1, 0.15) is 37.0 Å². The van der Waals surface area contributed by atoms with E-state index in [1.807, 2.05) is 37.3 Å². The van der Waals surface area contributed by atoms with Crippen LogP contribution >= 0.6 is 12.2 Å². The van der Waals surface area contributed by atoms with Crippen molar-refractivity contribution < 1.29 is 14.3 Å². The summed E-state index contributed by atoms with van der Waals surface area (Å²) in [4.78, 5) is 12.4. The minimum Gasteiger partial charge on any atom is -0.494 e. The molecular weight excluding hydrogens is 348 g/mol. The number of rotatable bonds is 8. The van der Waals surface area contributed by atoms with Crippen molar-refractivity contribution in [1.82, 2.24) is 5.32 Å². The van der Waals surface area contributed by atoms with Gasteiger partial charge in [-0.3, -0.25) is 10.1 Å². The number of carbonyl (C=O) groups is 1. The molecule has 0 spiro atoms. The van der Waals surface area contributed by atoms with Crippen molar-refractivity contribution in [2.75, 3.05) is 18.5 Å². The zero-order chi connectivity index (χ0) is 18.8. The summed E-state index contributed by atoms with van der Waals surface area (Å²) in [6.07, 6.45) is 1.85. The minimum absolute atomic E-state index is 0.225. The normalized spacial score (nSPS) is 10.1. The van der Waals surface area contributed by atoms with Gasteiger partial charge in [-0.1, -0.05) is 26.0 Å². The molecule has 0 bridgehead atoms. The van der Waals surface area contributed by atoms with Crippen LogP contribution in [0.4, 0.5) is 5.69 Å². The maximum atomic E-state index is 12.4. The largest absolute Gasteiger partial charge is 0.494 e. The van der Waals surface area contributed by atoms with Gasteiger partial charge in [-0.2, -0.15) is 0 Å². The maximum absolute atomic E-state index is 12.4. The van der Waals surface area contributed by atoms with Crippen molar-refractivity contribution in [3.8, 4) is 11.5 Å². The van der Waals surface area contributed by atoms with E-state index in [9.17, 15) is 4.79 Å². The molecule has 0 heterocycles. The molecule has 0 radical (unpaired) electrons. The van der Waals surface area contributed by atoms with E-state index in [1.165, 1.54) is 0 Å². The number of carbonyl (C=O) groups excluding carboxylic acids is 1. The molecule has 2 rings (SSSR count). The van der Waals surface area contributed by atoms with Crippen LogP contribution in [0.25, 0.3) is 0 Å². The third kappa shape index (κ3) is 6.37. The highest BCUT2D eigenvalue weighted by Crippen LogP contribution is 2.18. The molecule has 0 unspecified atom stereocenters. The lowest BCUT2D eigenvalue weighted by atomic mass is 10.2. The number of anilines is 1. The van der Waals surface area contributed by atoms with Crippen molar-refractivity contribution in [3.63, 3.8) is 0 Å². The summed E-state index contributed by atoms with van der Waals surface area (Å²) in [5.41, 5.74) is 1.24. The maximum Gasteiger partial charge on any atom is 0.257 e. The Balaban J connectivity index is 1.94. The molecule has 0 aliphatic heterocycles. The Hall–Kier alpha value is -2.60. The molecule has 0 saturated carbocycles. The molecule has 0 aliphatic carbocycles. The minimum atomic E-state index is -0.289. The molecule has 6 heteroatoms. The van der Waals surface area contributed by atoms with Gasteiger partial charge in [0, 0.05) is 17.3 Å². The summed E-state index contributed by atoms with van der Waals surface area (Å²) in [6.45, 7) is 5.35. The van der Waals surface area contributed by atoms with E-state index in [2.05, 4.69) is 17.6 Å². The number of nitrogens with one attached hydrogen (secondary N) is 2. The van der Waals surface area contributed by atoms with E-state index in [0.29, 0.717) is 24.5 Å². The number of hydrogen-bond donors (Lipinski definition) is 2. The summed E-state index contributed by atoms with van der Waals surface area (Å²) < 4.78 is 11.1. The summed E-state index contributed by atoms with van der Waals surface area (Å²) in [5.74, 6) is 1.13. The van der Waals surface area contributed by atoms with Crippen molar-refractivity contribution >= 4 is 28.9 Å². The van der Waals surface area contributed by atoms with Crippen molar-refractivity contribution in [2.45, 2.75) is 26.7 Å². The smallest absolute Gasteiger partial charge is 0.257 e. The standard InChI is InChI=1S/C20H24N2O3S/c1-3-11-24-17-9-5-7-15(13-17)19(23)22-20(26)21-16-8-6-10-18(14-16)25-12-4-2/h5-10,13-14H,3-4,11-12H2,1-2H3,(H2,21,22,23,26). The van der Waals surface area contributed by atoms with E-state index >= 15 is 0 Å². The summed E-state index contributed by atoms with van der Waals surface area (Å²) in [7, 11) is 0. The number of thiocarbonyl (C=S) groups is 1. The van der Waals surface area contributed by atoms with Crippen LogP contribution in [0.5, 0.6) is 11.5 Å². The molecule has 0 aromatic heterocycles. The lowest BCUT2D eigenvalue weighted by Crippen LogP contribution is -2.34. The Morgan fingerprint density at radius 2 is 1.58 bits per heavy atom. The van der Waals surface area contributed by atoms with E-state index in [1.54, 1.807) is 18.2 Å². The summed E-state index contributed by atoms with van der Waals surface area (Å²) >= 11 is 5.23. The molecule has 0 saturated heterocycles. The third-order valence-corrected chi connectivity index (χ3v) is 3.57. The first-order valence-corrected chi connectivity index (χ1v) is 9.11. The van der Waals surface area contributed by atoms with Gasteiger partial charge in [0.15, 0.2) is 5.11 Å². The topological polar surface area (TPSA) is 59.6 Å². The SMILES string of the molecule is CCCOc1cccc(NC(=S)NC(=O)c2cccc(OCCC)c2)c1. The highest BCUT2D eigenvalue weighted by molar-refractivity contribution is 7.80. The molecule has 2 aromatic carbocycles. The van der Waals surface area contributed by atoms with Crippen LogP contribution in [0, 0.1) is 0 Å². The van der Waals surface area contributed by atoms with Gasteiger partial charge >= 0.3 is 0 Å². The van der Waals surface area contributed by atoms with Gasteiger partial charge in [0.25, 0.3) is 5.91 Å². The first-order chi connectivity index (χ1) is 12.6. The Bertz CT molecular complexity index is 749. The lowest BCUT2D eigenvalue weighted by molar-refractivity contribution is 0.0977.